The van der Waals surface area contributed by atoms with Crippen LogP contribution < -0.4 is 5.73 Å². The van der Waals surface area contributed by atoms with E-state index in [1.165, 1.54) is 5.56 Å². The van der Waals surface area contributed by atoms with Crippen molar-refractivity contribution in [2.75, 3.05) is 19.7 Å². The van der Waals surface area contributed by atoms with E-state index in [2.05, 4.69) is 24.3 Å². The lowest BCUT2D eigenvalue weighted by Gasteiger charge is -2.32. The fourth-order valence-corrected chi connectivity index (χ4v) is 2.66. The molecular weight excluding hydrogens is 264 g/mol. The zero-order chi connectivity index (χ0) is 15.1. The first-order chi connectivity index (χ1) is 10.1. The van der Waals surface area contributed by atoms with Crippen molar-refractivity contribution in [3.8, 4) is 0 Å². The Balaban J connectivity index is 1.64. The van der Waals surface area contributed by atoms with Crippen LogP contribution in [-0.2, 0) is 16.0 Å². The largest absolute Gasteiger partial charge is 0.378 e. The van der Waals surface area contributed by atoms with Crippen LogP contribution in [0.2, 0.25) is 0 Å². The number of rotatable bonds is 6. The van der Waals surface area contributed by atoms with Gasteiger partial charge in [-0.2, -0.15) is 0 Å². The Kier molecular flexibility index (Phi) is 6.21. The first kappa shape index (κ1) is 16.0. The Labute approximate surface area is 127 Å². The summed E-state index contributed by atoms with van der Waals surface area (Å²) in [6, 6.07) is 10.3. The van der Waals surface area contributed by atoms with E-state index in [4.69, 9.17) is 10.5 Å². The number of likely N-dealkylation sites (tertiary alicyclic amines) is 1. The number of benzene rings is 1. The number of carbonyl (C=O) groups excluding carboxylic acids is 1. The van der Waals surface area contributed by atoms with Gasteiger partial charge in [-0.1, -0.05) is 30.3 Å². The van der Waals surface area contributed by atoms with Crippen LogP contribution in [0.15, 0.2) is 30.3 Å². The van der Waals surface area contributed by atoms with Crippen molar-refractivity contribution in [2.45, 2.75) is 44.8 Å². The molecule has 2 N–H and O–H groups in total. The Morgan fingerprint density at radius 3 is 2.62 bits per heavy atom. The molecule has 2 rings (SSSR count). The van der Waals surface area contributed by atoms with Gasteiger partial charge >= 0.3 is 0 Å². The van der Waals surface area contributed by atoms with E-state index in [1.54, 1.807) is 0 Å². The fraction of sp³-hybridized carbons (Fsp3) is 0.588. The average molecular weight is 290 g/mol. The molecule has 1 heterocycles. The van der Waals surface area contributed by atoms with Crippen molar-refractivity contribution in [2.24, 2.45) is 5.73 Å². The molecule has 0 aromatic heterocycles. The molecule has 4 heteroatoms. The molecule has 0 radical (unpaired) electrons. The summed E-state index contributed by atoms with van der Waals surface area (Å²) in [7, 11) is 0. The number of hydrogen-bond donors (Lipinski definition) is 1. The zero-order valence-corrected chi connectivity index (χ0v) is 12.8. The van der Waals surface area contributed by atoms with Crippen molar-refractivity contribution in [3.63, 3.8) is 0 Å². The van der Waals surface area contributed by atoms with Gasteiger partial charge in [0.1, 0.15) is 0 Å². The molecular formula is C17H26N2O2. The van der Waals surface area contributed by atoms with Gasteiger partial charge in [0.15, 0.2) is 0 Å². The molecule has 1 fully saturated rings. The Morgan fingerprint density at radius 2 is 2.00 bits per heavy atom. The molecule has 116 valence electrons. The number of ether oxygens (including phenoxy) is 1. The van der Waals surface area contributed by atoms with Gasteiger partial charge in [-0.3, -0.25) is 4.79 Å². The minimum absolute atomic E-state index is 0.0580. The SMILES string of the molecule is CC(N)CC(=O)N1CCC(OCCc2ccccc2)CC1. The Bertz CT molecular complexity index is 426. The highest BCUT2D eigenvalue weighted by molar-refractivity contribution is 5.76. The van der Waals surface area contributed by atoms with Gasteiger partial charge in [0.25, 0.3) is 0 Å². The van der Waals surface area contributed by atoms with Crippen molar-refractivity contribution in [3.05, 3.63) is 35.9 Å². The third-order valence-corrected chi connectivity index (χ3v) is 3.88. The lowest BCUT2D eigenvalue weighted by atomic mass is 10.1. The van der Waals surface area contributed by atoms with Gasteiger partial charge in [-0.25, -0.2) is 0 Å². The predicted octanol–water partition coefficient (Wildman–Crippen LogP) is 1.97. The highest BCUT2D eigenvalue weighted by atomic mass is 16.5. The summed E-state index contributed by atoms with van der Waals surface area (Å²) in [5, 5.41) is 0. The summed E-state index contributed by atoms with van der Waals surface area (Å²) in [6.45, 7) is 4.21. The molecule has 0 saturated carbocycles. The maximum absolute atomic E-state index is 11.9. The summed E-state index contributed by atoms with van der Waals surface area (Å²) >= 11 is 0. The molecule has 1 aromatic carbocycles. The van der Waals surface area contributed by atoms with Crippen LogP contribution in [0.3, 0.4) is 0 Å². The van der Waals surface area contributed by atoms with E-state index in [9.17, 15) is 4.79 Å². The lowest BCUT2D eigenvalue weighted by molar-refractivity contribution is -0.134. The molecule has 1 aliphatic heterocycles. The molecule has 1 aromatic rings. The number of amides is 1. The first-order valence-corrected chi connectivity index (χ1v) is 7.84. The second-order valence-corrected chi connectivity index (χ2v) is 5.87. The normalized spacial score (nSPS) is 17.7. The van der Waals surface area contributed by atoms with Gasteiger partial charge < -0.3 is 15.4 Å². The third-order valence-electron chi connectivity index (χ3n) is 3.88. The van der Waals surface area contributed by atoms with Crippen LogP contribution in [-0.4, -0.2) is 42.6 Å². The topological polar surface area (TPSA) is 55.6 Å². The van der Waals surface area contributed by atoms with Gasteiger partial charge in [-0.05, 0) is 31.7 Å². The van der Waals surface area contributed by atoms with E-state index in [0.717, 1.165) is 39.0 Å². The standard InChI is InChI=1S/C17H26N2O2/c1-14(18)13-17(20)19-10-7-16(8-11-19)21-12-9-15-5-3-2-4-6-15/h2-6,14,16H,7-13,18H2,1H3. The van der Waals surface area contributed by atoms with Gasteiger partial charge in [0.2, 0.25) is 5.91 Å². The zero-order valence-electron chi connectivity index (χ0n) is 12.8. The highest BCUT2D eigenvalue weighted by Crippen LogP contribution is 2.15. The highest BCUT2D eigenvalue weighted by Gasteiger charge is 2.23. The Hall–Kier alpha value is -1.39. The van der Waals surface area contributed by atoms with Crippen molar-refractivity contribution in [1.29, 1.82) is 0 Å². The number of carbonyl (C=O) groups is 1. The van der Waals surface area contributed by atoms with Crippen LogP contribution in [0.25, 0.3) is 0 Å². The quantitative estimate of drug-likeness (QED) is 0.871. The van der Waals surface area contributed by atoms with E-state index in [1.807, 2.05) is 17.9 Å². The van der Waals surface area contributed by atoms with E-state index in [-0.39, 0.29) is 18.1 Å². The first-order valence-electron chi connectivity index (χ1n) is 7.84. The second-order valence-electron chi connectivity index (χ2n) is 5.87. The van der Waals surface area contributed by atoms with Crippen molar-refractivity contribution >= 4 is 5.91 Å². The van der Waals surface area contributed by atoms with Gasteiger partial charge in [0.05, 0.1) is 12.7 Å². The van der Waals surface area contributed by atoms with Crippen molar-refractivity contribution < 1.29 is 9.53 Å². The minimum Gasteiger partial charge on any atom is -0.378 e. The van der Waals surface area contributed by atoms with Crippen LogP contribution in [0.4, 0.5) is 0 Å². The van der Waals surface area contributed by atoms with Gasteiger partial charge in [-0.15, -0.1) is 0 Å². The number of nitrogens with two attached hydrogens (primary N) is 1. The van der Waals surface area contributed by atoms with Crippen molar-refractivity contribution in [1.82, 2.24) is 4.90 Å². The number of nitrogens with zero attached hydrogens (tertiary/aromatic N) is 1. The summed E-state index contributed by atoms with van der Waals surface area (Å²) in [4.78, 5) is 13.8. The molecule has 1 amide bonds. The minimum atomic E-state index is -0.0580. The summed E-state index contributed by atoms with van der Waals surface area (Å²) in [6.07, 6.45) is 3.54. The van der Waals surface area contributed by atoms with Gasteiger partial charge in [0, 0.05) is 25.6 Å². The molecule has 1 unspecified atom stereocenters. The molecule has 1 saturated heterocycles. The average Bonchev–Trinajstić information content (AvgIpc) is 2.48. The van der Waals surface area contributed by atoms with Crippen LogP contribution in [0.1, 0.15) is 31.7 Å². The smallest absolute Gasteiger partial charge is 0.224 e. The molecule has 1 aliphatic rings. The fourth-order valence-electron chi connectivity index (χ4n) is 2.66. The third kappa shape index (κ3) is 5.48. The van der Waals surface area contributed by atoms with E-state index < -0.39 is 0 Å². The monoisotopic (exact) mass is 290 g/mol. The molecule has 21 heavy (non-hydrogen) atoms. The maximum Gasteiger partial charge on any atom is 0.224 e. The van der Waals surface area contributed by atoms with Crippen LogP contribution >= 0.6 is 0 Å². The van der Waals surface area contributed by atoms with E-state index >= 15 is 0 Å². The maximum atomic E-state index is 11.9. The molecule has 0 bridgehead atoms. The lowest BCUT2D eigenvalue weighted by Crippen LogP contribution is -2.42. The number of piperidine rings is 1. The summed E-state index contributed by atoms with van der Waals surface area (Å²) < 4.78 is 5.93. The summed E-state index contributed by atoms with van der Waals surface area (Å²) in [5.41, 5.74) is 6.98. The Morgan fingerprint density at radius 1 is 1.33 bits per heavy atom. The number of hydrogen-bond acceptors (Lipinski definition) is 3. The van der Waals surface area contributed by atoms with E-state index in [0.29, 0.717) is 6.42 Å². The van der Waals surface area contributed by atoms with Crippen LogP contribution in [0, 0.1) is 0 Å². The summed E-state index contributed by atoms with van der Waals surface area (Å²) in [5.74, 6) is 0.174. The van der Waals surface area contributed by atoms with Crippen LogP contribution in [0.5, 0.6) is 0 Å². The molecule has 0 aliphatic carbocycles. The molecule has 4 nitrogen and oxygen atoms in total. The molecule has 0 spiro atoms. The molecule has 1 atom stereocenters. The second kappa shape index (κ2) is 8.15. The predicted molar refractivity (Wildman–Crippen MR) is 84.0 cm³/mol.